The molecule has 1 aliphatic heterocycles. The number of alkyl carbamates (subject to hydrolysis) is 1. The predicted octanol–water partition coefficient (Wildman–Crippen LogP) is 2.06. The van der Waals surface area contributed by atoms with Gasteiger partial charge in [0.2, 0.25) is 0 Å². The van der Waals surface area contributed by atoms with Gasteiger partial charge in [0.15, 0.2) is 5.65 Å². The van der Waals surface area contributed by atoms with Crippen molar-refractivity contribution in [1.29, 1.82) is 0 Å². The van der Waals surface area contributed by atoms with Crippen LogP contribution in [0.1, 0.15) is 39.3 Å². The molecule has 1 fully saturated rings. The number of fused-ring (bicyclic) bond motifs is 1. The number of hydrogen-bond acceptors (Lipinski definition) is 5. The van der Waals surface area contributed by atoms with Gasteiger partial charge in [-0.05, 0) is 46.6 Å². The van der Waals surface area contributed by atoms with Gasteiger partial charge in [0.25, 0.3) is 0 Å². The molecule has 2 aromatic rings. The zero-order valence-corrected chi connectivity index (χ0v) is 16.0. The molecule has 2 aromatic heterocycles. The van der Waals surface area contributed by atoms with Gasteiger partial charge < -0.3 is 19.9 Å². The van der Waals surface area contributed by atoms with E-state index < -0.39 is 6.09 Å². The molecule has 0 spiro atoms. The molecule has 26 heavy (non-hydrogen) atoms. The number of anilines is 1. The molecule has 0 aromatic carbocycles. The highest BCUT2D eigenvalue weighted by molar-refractivity contribution is 5.86. The largest absolute Gasteiger partial charge is 0.444 e. The quantitative estimate of drug-likeness (QED) is 0.854. The van der Waals surface area contributed by atoms with E-state index >= 15 is 0 Å². The number of pyridine rings is 1. The Morgan fingerprint density at radius 2 is 2.15 bits per heavy atom. The van der Waals surface area contributed by atoms with Crippen molar-refractivity contribution in [2.45, 2.75) is 52.2 Å². The molecular weight excluding hydrogens is 334 g/mol. The zero-order valence-electron chi connectivity index (χ0n) is 16.0. The summed E-state index contributed by atoms with van der Waals surface area (Å²) in [6.07, 6.45) is 1.15. The molecule has 1 atom stereocenters. The van der Waals surface area contributed by atoms with Crippen molar-refractivity contribution in [2.75, 3.05) is 18.0 Å². The van der Waals surface area contributed by atoms with E-state index in [2.05, 4.69) is 20.2 Å². The molecule has 8 heteroatoms. The molecule has 8 nitrogen and oxygen atoms in total. The van der Waals surface area contributed by atoms with Crippen LogP contribution >= 0.6 is 0 Å². The minimum Gasteiger partial charge on any atom is -0.444 e. The Morgan fingerprint density at radius 3 is 2.85 bits per heavy atom. The standard InChI is InChI=1S/C18H27N5O3/c1-11-9-13(14-15(19-11)22(5)16(24)20-14)23-8-6-7-12(10-23)26-17(25)21-18(2,3)4/h9,12H,6-8,10H2,1-5H3,(H,20,24)(H,21,25). The number of aryl methyl sites for hydroxylation is 2. The average Bonchev–Trinajstić information content (AvgIpc) is 2.80. The summed E-state index contributed by atoms with van der Waals surface area (Å²) in [4.78, 5) is 33.6. The lowest BCUT2D eigenvalue weighted by Gasteiger charge is -2.34. The van der Waals surface area contributed by atoms with Gasteiger partial charge in [-0.2, -0.15) is 0 Å². The lowest BCUT2D eigenvalue weighted by atomic mass is 10.1. The average molecular weight is 361 g/mol. The van der Waals surface area contributed by atoms with Crippen molar-refractivity contribution in [2.24, 2.45) is 7.05 Å². The second kappa shape index (κ2) is 6.66. The summed E-state index contributed by atoms with van der Waals surface area (Å²) in [6, 6.07) is 1.97. The van der Waals surface area contributed by atoms with Crippen LogP contribution in [-0.2, 0) is 11.8 Å². The Kier molecular flexibility index (Phi) is 4.68. The molecule has 0 bridgehead atoms. The summed E-state index contributed by atoms with van der Waals surface area (Å²) in [6.45, 7) is 9.11. The first-order valence-corrected chi connectivity index (χ1v) is 8.94. The number of aromatic nitrogens is 3. The van der Waals surface area contributed by atoms with Crippen molar-refractivity contribution in [1.82, 2.24) is 19.9 Å². The molecule has 3 heterocycles. The molecule has 142 valence electrons. The molecule has 1 saturated heterocycles. The van der Waals surface area contributed by atoms with E-state index in [4.69, 9.17) is 4.74 Å². The lowest BCUT2D eigenvalue weighted by molar-refractivity contribution is 0.0827. The van der Waals surface area contributed by atoms with E-state index in [0.717, 1.165) is 36.3 Å². The SMILES string of the molecule is Cc1cc(N2CCCC(OC(=O)NC(C)(C)C)C2)c2[nH]c(=O)n(C)c2n1. The van der Waals surface area contributed by atoms with Crippen molar-refractivity contribution in [3.63, 3.8) is 0 Å². The summed E-state index contributed by atoms with van der Waals surface area (Å²) in [5.74, 6) is 0. The van der Waals surface area contributed by atoms with Gasteiger partial charge in [0, 0.05) is 24.8 Å². The van der Waals surface area contributed by atoms with Gasteiger partial charge in [0.05, 0.1) is 12.2 Å². The first kappa shape index (κ1) is 18.3. The van der Waals surface area contributed by atoms with E-state index in [1.54, 1.807) is 7.05 Å². The van der Waals surface area contributed by atoms with Gasteiger partial charge in [-0.1, -0.05) is 0 Å². The van der Waals surface area contributed by atoms with Crippen LogP contribution in [0.15, 0.2) is 10.9 Å². The summed E-state index contributed by atoms with van der Waals surface area (Å²) in [5, 5.41) is 2.83. The van der Waals surface area contributed by atoms with Crippen LogP contribution in [0.25, 0.3) is 11.2 Å². The van der Waals surface area contributed by atoms with Crippen molar-refractivity contribution in [3.8, 4) is 0 Å². The second-order valence-electron chi connectivity index (χ2n) is 7.96. The smallest absolute Gasteiger partial charge is 0.407 e. The topological polar surface area (TPSA) is 92.3 Å². The molecule has 3 rings (SSSR count). The van der Waals surface area contributed by atoms with Gasteiger partial charge >= 0.3 is 11.8 Å². The number of carbonyl (C=O) groups is 1. The van der Waals surface area contributed by atoms with Crippen LogP contribution in [0.2, 0.25) is 0 Å². The van der Waals surface area contributed by atoms with Gasteiger partial charge in [-0.15, -0.1) is 0 Å². The van der Waals surface area contributed by atoms with E-state index in [0.29, 0.717) is 12.2 Å². The van der Waals surface area contributed by atoms with Crippen molar-refractivity contribution >= 4 is 22.9 Å². The Labute approximate surface area is 152 Å². The molecule has 0 aliphatic carbocycles. The third-order valence-electron chi connectivity index (χ3n) is 4.43. The number of hydrogen-bond donors (Lipinski definition) is 2. The van der Waals surface area contributed by atoms with Crippen LogP contribution in [0, 0.1) is 6.92 Å². The van der Waals surface area contributed by atoms with Crippen LogP contribution < -0.4 is 15.9 Å². The number of amides is 1. The summed E-state index contributed by atoms with van der Waals surface area (Å²) < 4.78 is 7.12. The Balaban J connectivity index is 1.82. The van der Waals surface area contributed by atoms with Gasteiger partial charge in [-0.3, -0.25) is 4.57 Å². The van der Waals surface area contributed by atoms with Crippen LogP contribution in [0.3, 0.4) is 0 Å². The molecule has 0 saturated carbocycles. The van der Waals surface area contributed by atoms with Crippen LogP contribution in [0.4, 0.5) is 10.5 Å². The zero-order chi connectivity index (χ0) is 19.1. The maximum atomic E-state index is 12.1. The molecular formula is C18H27N5O3. The highest BCUT2D eigenvalue weighted by Crippen LogP contribution is 2.27. The van der Waals surface area contributed by atoms with E-state index in [-0.39, 0.29) is 17.3 Å². The summed E-state index contributed by atoms with van der Waals surface area (Å²) >= 11 is 0. The summed E-state index contributed by atoms with van der Waals surface area (Å²) in [7, 11) is 1.70. The minimum absolute atomic E-state index is 0.186. The Morgan fingerprint density at radius 1 is 1.42 bits per heavy atom. The number of rotatable bonds is 2. The monoisotopic (exact) mass is 361 g/mol. The first-order chi connectivity index (χ1) is 12.1. The number of piperidine rings is 1. The summed E-state index contributed by atoms with van der Waals surface area (Å²) in [5.41, 5.74) is 2.61. The lowest BCUT2D eigenvalue weighted by Crippen LogP contribution is -2.46. The fourth-order valence-electron chi connectivity index (χ4n) is 3.28. The fourth-order valence-corrected chi connectivity index (χ4v) is 3.28. The van der Waals surface area contributed by atoms with E-state index in [1.807, 2.05) is 33.8 Å². The van der Waals surface area contributed by atoms with Crippen LogP contribution in [-0.4, -0.2) is 45.4 Å². The minimum atomic E-state index is -0.395. The predicted molar refractivity (Wildman–Crippen MR) is 101 cm³/mol. The highest BCUT2D eigenvalue weighted by Gasteiger charge is 2.26. The van der Waals surface area contributed by atoms with Gasteiger partial charge in [0.1, 0.15) is 11.6 Å². The highest BCUT2D eigenvalue weighted by atomic mass is 16.6. The Hall–Kier alpha value is -2.51. The third-order valence-corrected chi connectivity index (χ3v) is 4.43. The number of aromatic amines is 1. The second-order valence-corrected chi connectivity index (χ2v) is 7.96. The molecule has 1 amide bonds. The normalized spacial score (nSPS) is 18.2. The molecule has 0 radical (unpaired) electrons. The number of nitrogens with zero attached hydrogens (tertiary/aromatic N) is 3. The number of carbonyl (C=O) groups excluding carboxylic acids is 1. The maximum absolute atomic E-state index is 12.1. The number of ether oxygens (including phenoxy) is 1. The molecule has 1 unspecified atom stereocenters. The number of nitrogens with one attached hydrogen (secondary N) is 2. The Bertz CT molecular complexity index is 877. The maximum Gasteiger partial charge on any atom is 0.407 e. The van der Waals surface area contributed by atoms with E-state index in [1.165, 1.54) is 4.57 Å². The van der Waals surface area contributed by atoms with Crippen LogP contribution in [0.5, 0.6) is 0 Å². The van der Waals surface area contributed by atoms with Gasteiger partial charge in [-0.25, -0.2) is 14.6 Å². The molecule has 1 aliphatic rings. The molecule has 2 N–H and O–H groups in total. The number of imidazole rings is 1. The fraction of sp³-hybridized carbons (Fsp3) is 0.611. The van der Waals surface area contributed by atoms with Crippen molar-refractivity contribution in [3.05, 3.63) is 22.2 Å². The van der Waals surface area contributed by atoms with Crippen molar-refractivity contribution < 1.29 is 9.53 Å². The number of H-pyrrole nitrogens is 1. The van der Waals surface area contributed by atoms with E-state index in [9.17, 15) is 9.59 Å². The third kappa shape index (κ3) is 3.84. The first-order valence-electron chi connectivity index (χ1n) is 8.94.